The maximum atomic E-state index is 5.03. The standard InChI is InChI=1S/C25H17N/c1-2-9-19(10-3-1)23-17-21-12-6-7-13-24(21)26-25(23)22-15-14-18-8-4-5-11-20(18)16-22/h1-17H. The second kappa shape index (κ2) is 6.12. The molecule has 1 heterocycles. The zero-order valence-corrected chi connectivity index (χ0v) is 14.3. The molecule has 0 atom stereocenters. The van der Waals surface area contributed by atoms with E-state index in [-0.39, 0.29) is 0 Å². The predicted octanol–water partition coefficient (Wildman–Crippen LogP) is 6.72. The van der Waals surface area contributed by atoms with Crippen molar-refractivity contribution in [2.24, 2.45) is 0 Å². The summed E-state index contributed by atoms with van der Waals surface area (Å²) in [5.41, 5.74) is 5.55. The topological polar surface area (TPSA) is 12.9 Å². The van der Waals surface area contributed by atoms with Gasteiger partial charge in [0.15, 0.2) is 0 Å². The Balaban J connectivity index is 1.81. The van der Waals surface area contributed by atoms with E-state index in [9.17, 15) is 0 Å². The molecule has 5 rings (SSSR count). The third kappa shape index (κ3) is 2.55. The van der Waals surface area contributed by atoms with E-state index in [0.29, 0.717) is 0 Å². The smallest absolute Gasteiger partial charge is 0.0788 e. The first-order valence-corrected chi connectivity index (χ1v) is 8.83. The lowest BCUT2D eigenvalue weighted by Crippen LogP contribution is -1.91. The number of rotatable bonds is 2. The second-order valence-electron chi connectivity index (χ2n) is 6.51. The number of nitrogens with zero attached hydrogens (tertiary/aromatic N) is 1. The first-order chi connectivity index (χ1) is 12.9. The molecule has 0 amide bonds. The third-order valence-corrected chi connectivity index (χ3v) is 4.83. The van der Waals surface area contributed by atoms with Gasteiger partial charge in [-0.1, -0.05) is 84.9 Å². The van der Waals surface area contributed by atoms with Crippen LogP contribution in [-0.4, -0.2) is 4.98 Å². The van der Waals surface area contributed by atoms with Crippen molar-refractivity contribution in [3.8, 4) is 22.4 Å². The number of pyridine rings is 1. The molecule has 0 radical (unpaired) electrons. The van der Waals surface area contributed by atoms with Crippen LogP contribution in [0.5, 0.6) is 0 Å². The molecule has 4 aromatic carbocycles. The monoisotopic (exact) mass is 331 g/mol. The van der Waals surface area contributed by atoms with Crippen LogP contribution in [0.15, 0.2) is 103 Å². The summed E-state index contributed by atoms with van der Waals surface area (Å²) in [5.74, 6) is 0. The fourth-order valence-electron chi connectivity index (χ4n) is 3.51. The van der Waals surface area contributed by atoms with Crippen molar-refractivity contribution in [2.45, 2.75) is 0 Å². The summed E-state index contributed by atoms with van der Waals surface area (Å²) in [6.45, 7) is 0. The lowest BCUT2D eigenvalue weighted by atomic mass is 9.96. The number of hydrogen-bond donors (Lipinski definition) is 0. The minimum absolute atomic E-state index is 1.02. The van der Waals surface area contributed by atoms with Crippen LogP contribution < -0.4 is 0 Å². The van der Waals surface area contributed by atoms with Crippen LogP contribution in [0.3, 0.4) is 0 Å². The summed E-state index contributed by atoms with van der Waals surface area (Å²) in [6, 6.07) is 36.1. The summed E-state index contributed by atoms with van der Waals surface area (Å²) in [5, 5.41) is 3.65. The Hall–Kier alpha value is -3.45. The molecule has 5 aromatic rings. The lowest BCUT2D eigenvalue weighted by molar-refractivity contribution is 1.40. The van der Waals surface area contributed by atoms with Gasteiger partial charge in [-0.05, 0) is 34.5 Å². The van der Waals surface area contributed by atoms with E-state index in [1.165, 1.54) is 21.9 Å². The molecule has 0 fully saturated rings. The molecule has 122 valence electrons. The van der Waals surface area contributed by atoms with Crippen molar-refractivity contribution in [1.82, 2.24) is 4.98 Å². The van der Waals surface area contributed by atoms with E-state index >= 15 is 0 Å². The number of hydrogen-bond acceptors (Lipinski definition) is 1. The van der Waals surface area contributed by atoms with Gasteiger partial charge in [0.25, 0.3) is 0 Å². The van der Waals surface area contributed by atoms with E-state index in [1.54, 1.807) is 0 Å². The number of fused-ring (bicyclic) bond motifs is 2. The first kappa shape index (κ1) is 14.9. The van der Waals surface area contributed by atoms with Crippen LogP contribution in [-0.2, 0) is 0 Å². The van der Waals surface area contributed by atoms with E-state index in [4.69, 9.17) is 4.98 Å². The Labute approximate surface area is 152 Å². The van der Waals surface area contributed by atoms with Crippen LogP contribution in [0.4, 0.5) is 0 Å². The number of benzene rings is 4. The summed E-state index contributed by atoms with van der Waals surface area (Å²) in [6.07, 6.45) is 0. The highest BCUT2D eigenvalue weighted by atomic mass is 14.7. The Bertz CT molecular complexity index is 1220. The quantitative estimate of drug-likeness (QED) is 0.350. The van der Waals surface area contributed by atoms with Gasteiger partial charge in [0.1, 0.15) is 0 Å². The molecule has 0 bridgehead atoms. The molecule has 1 heteroatoms. The highest BCUT2D eigenvalue weighted by Crippen LogP contribution is 2.34. The van der Waals surface area contributed by atoms with Gasteiger partial charge in [0.2, 0.25) is 0 Å². The summed E-state index contributed by atoms with van der Waals surface area (Å²) in [7, 11) is 0. The van der Waals surface area contributed by atoms with E-state index in [2.05, 4.69) is 91.0 Å². The van der Waals surface area contributed by atoms with Crippen molar-refractivity contribution in [1.29, 1.82) is 0 Å². The normalized spacial score (nSPS) is 11.1. The fraction of sp³-hybridized carbons (Fsp3) is 0. The van der Waals surface area contributed by atoms with Gasteiger partial charge in [-0.15, -0.1) is 0 Å². The molecule has 0 spiro atoms. The average molecular weight is 331 g/mol. The van der Waals surface area contributed by atoms with Crippen molar-refractivity contribution in [2.75, 3.05) is 0 Å². The Morgan fingerprint density at radius 1 is 0.462 bits per heavy atom. The van der Waals surface area contributed by atoms with E-state index in [0.717, 1.165) is 22.2 Å². The Kier molecular flexibility index (Phi) is 3.50. The van der Waals surface area contributed by atoms with Crippen LogP contribution in [0, 0.1) is 0 Å². The van der Waals surface area contributed by atoms with Gasteiger partial charge in [0.05, 0.1) is 11.2 Å². The molecule has 0 aliphatic heterocycles. The second-order valence-corrected chi connectivity index (χ2v) is 6.51. The summed E-state index contributed by atoms with van der Waals surface area (Å²) < 4.78 is 0. The van der Waals surface area contributed by atoms with Crippen molar-refractivity contribution in [3.05, 3.63) is 103 Å². The maximum absolute atomic E-state index is 5.03. The molecular formula is C25H17N. The molecular weight excluding hydrogens is 314 g/mol. The van der Waals surface area contributed by atoms with Crippen molar-refractivity contribution < 1.29 is 0 Å². The lowest BCUT2D eigenvalue weighted by Gasteiger charge is -2.12. The molecule has 0 N–H and O–H groups in total. The molecule has 0 saturated heterocycles. The molecule has 0 saturated carbocycles. The summed E-state index contributed by atoms with van der Waals surface area (Å²) in [4.78, 5) is 5.03. The summed E-state index contributed by atoms with van der Waals surface area (Å²) >= 11 is 0. The zero-order valence-electron chi connectivity index (χ0n) is 14.3. The number of para-hydroxylation sites is 1. The van der Waals surface area contributed by atoms with Crippen molar-refractivity contribution >= 4 is 21.7 Å². The molecule has 26 heavy (non-hydrogen) atoms. The van der Waals surface area contributed by atoms with Crippen LogP contribution in [0.2, 0.25) is 0 Å². The van der Waals surface area contributed by atoms with E-state index < -0.39 is 0 Å². The molecule has 0 unspecified atom stereocenters. The SMILES string of the molecule is c1ccc(-c2cc3ccccc3nc2-c2ccc3ccccc3c2)cc1. The molecule has 1 aromatic heterocycles. The minimum Gasteiger partial charge on any atom is -0.247 e. The largest absolute Gasteiger partial charge is 0.247 e. The van der Waals surface area contributed by atoms with Gasteiger partial charge >= 0.3 is 0 Å². The minimum atomic E-state index is 1.02. The number of aromatic nitrogens is 1. The first-order valence-electron chi connectivity index (χ1n) is 8.83. The highest BCUT2D eigenvalue weighted by Gasteiger charge is 2.11. The van der Waals surface area contributed by atoms with Crippen LogP contribution in [0.1, 0.15) is 0 Å². The van der Waals surface area contributed by atoms with E-state index in [1.807, 2.05) is 12.1 Å². The van der Waals surface area contributed by atoms with Crippen molar-refractivity contribution in [3.63, 3.8) is 0 Å². The van der Waals surface area contributed by atoms with Crippen LogP contribution in [0.25, 0.3) is 44.1 Å². The predicted molar refractivity (Wildman–Crippen MR) is 110 cm³/mol. The average Bonchev–Trinajstić information content (AvgIpc) is 2.73. The maximum Gasteiger partial charge on any atom is 0.0788 e. The highest BCUT2D eigenvalue weighted by molar-refractivity contribution is 5.94. The third-order valence-electron chi connectivity index (χ3n) is 4.83. The van der Waals surface area contributed by atoms with Crippen LogP contribution >= 0.6 is 0 Å². The van der Waals surface area contributed by atoms with Gasteiger partial charge < -0.3 is 0 Å². The zero-order chi connectivity index (χ0) is 17.3. The van der Waals surface area contributed by atoms with Gasteiger partial charge in [0, 0.05) is 16.5 Å². The Morgan fingerprint density at radius 3 is 2.00 bits per heavy atom. The Morgan fingerprint density at radius 2 is 1.15 bits per heavy atom. The molecule has 0 aliphatic carbocycles. The van der Waals surface area contributed by atoms with Gasteiger partial charge in [-0.2, -0.15) is 0 Å². The van der Waals surface area contributed by atoms with Gasteiger partial charge in [-0.3, -0.25) is 0 Å². The molecule has 0 aliphatic rings. The molecule has 1 nitrogen and oxygen atoms in total. The fourth-order valence-corrected chi connectivity index (χ4v) is 3.51. The van der Waals surface area contributed by atoms with Gasteiger partial charge in [-0.25, -0.2) is 4.98 Å².